The average molecular weight is 266 g/mol. The van der Waals surface area contributed by atoms with Gasteiger partial charge in [0, 0.05) is 23.1 Å². The number of H-pyrrole nitrogens is 1. The van der Waals surface area contributed by atoms with Crippen LogP contribution >= 0.6 is 0 Å². The van der Waals surface area contributed by atoms with E-state index in [2.05, 4.69) is 36.3 Å². The van der Waals surface area contributed by atoms with E-state index in [4.69, 9.17) is 0 Å². The molecule has 1 unspecified atom stereocenters. The van der Waals surface area contributed by atoms with Gasteiger partial charge in [-0.05, 0) is 30.5 Å². The van der Waals surface area contributed by atoms with Crippen LogP contribution in [0.15, 0.2) is 49.6 Å². The van der Waals surface area contributed by atoms with Crippen molar-refractivity contribution in [1.29, 1.82) is 0 Å². The number of carbonyl (C=O) groups is 1. The number of hydrogen-bond acceptors (Lipinski definition) is 1. The van der Waals surface area contributed by atoms with E-state index in [1.807, 2.05) is 17.0 Å². The number of hydrogen-bond donors (Lipinski definition) is 1. The maximum absolute atomic E-state index is 12.0. The van der Waals surface area contributed by atoms with Gasteiger partial charge < -0.3 is 9.88 Å². The zero-order valence-corrected chi connectivity index (χ0v) is 11.4. The Morgan fingerprint density at radius 1 is 1.40 bits per heavy atom. The van der Waals surface area contributed by atoms with Crippen molar-refractivity contribution >= 4 is 16.8 Å². The van der Waals surface area contributed by atoms with Crippen molar-refractivity contribution in [1.82, 2.24) is 9.88 Å². The summed E-state index contributed by atoms with van der Waals surface area (Å²) in [4.78, 5) is 17.4. The van der Waals surface area contributed by atoms with E-state index in [1.54, 1.807) is 0 Å². The van der Waals surface area contributed by atoms with E-state index in [0.29, 0.717) is 0 Å². The summed E-state index contributed by atoms with van der Waals surface area (Å²) < 4.78 is 0. The van der Waals surface area contributed by atoms with E-state index in [0.717, 1.165) is 30.6 Å². The minimum Gasteiger partial charge on any atom is -0.356 e. The Morgan fingerprint density at radius 2 is 2.20 bits per heavy atom. The van der Waals surface area contributed by atoms with Crippen LogP contribution < -0.4 is 0 Å². The van der Waals surface area contributed by atoms with Crippen molar-refractivity contribution in [3.63, 3.8) is 0 Å². The zero-order chi connectivity index (χ0) is 14.1. The third-order valence-corrected chi connectivity index (χ3v) is 4.01. The number of nitrogens with one attached hydrogen (secondary N) is 1. The molecule has 0 saturated heterocycles. The van der Waals surface area contributed by atoms with Crippen LogP contribution in [0.4, 0.5) is 0 Å². The highest BCUT2D eigenvalue weighted by atomic mass is 16.2. The number of nitrogens with zero attached hydrogens (tertiary/aromatic N) is 1. The predicted molar refractivity (Wildman–Crippen MR) is 81.5 cm³/mol. The standard InChI is InChI=1S/C17H18N2O/c1-3-7-15-17-13(10-11-19(15)16(20)4-2)12-8-5-6-9-14(12)18-17/h3-6,8-9,15,18H,1-2,7,10-11H2. The number of aromatic amines is 1. The Labute approximate surface area is 118 Å². The zero-order valence-electron chi connectivity index (χ0n) is 11.4. The highest BCUT2D eigenvalue weighted by molar-refractivity contribution is 5.89. The lowest BCUT2D eigenvalue weighted by Crippen LogP contribution is -2.38. The van der Waals surface area contributed by atoms with Crippen LogP contribution in [0.5, 0.6) is 0 Å². The van der Waals surface area contributed by atoms with Gasteiger partial charge in [0.2, 0.25) is 5.91 Å². The lowest BCUT2D eigenvalue weighted by Gasteiger charge is -2.34. The van der Waals surface area contributed by atoms with E-state index in [1.165, 1.54) is 17.0 Å². The largest absolute Gasteiger partial charge is 0.356 e. The van der Waals surface area contributed by atoms with Crippen LogP contribution in [0.1, 0.15) is 23.7 Å². The number of aromatic nitrogens is 1. The molecule has 0 spiro atoms. The van der Waals surface area contributed by atoms with Gasteiger partial charge in [-0.25, -0.2) is 0 Å². The van der Waals surface area contributed by atoms with Gasteiger partial charge >= 0.3 is 0 Å². The maximum atomic E-state index is 12.0. The molecule has 20 heavy (non-hydrogen) atoms. The van der Waals surface area contributed by atoms with Crippen molar-refractivity contribution in [3.05, 3.63) is 60.8 Å². The van der Waals surface area contributed by atoms with Crippen molar-refractivity contribution in [2.24, 2.45) is 0 Å². The van der Waals surface area contributed by atoms with Gasteiger partial charge in [-0.1, -0.05) is 30.9 Å². The minimum atomic E-state index is -0.0128. The van der Waals surface area contributed by atoms with Crippen LogP contribution in [-0.4, -0.2) is 22.3 Å². The normalized spacial score (nSPS) is 17.8. The third-order valence-electron chi connectivity index (χ3n) is 4.01. The molecule has 3 nitrogen and oxygen atoms in total. The summed E-state index contributed by atoms with van der Waals surface area (Å²) in [5.41, 5.74) is 3.62. The third kappa shape index (κ3) is 1.86. The second-order valence-electron chi connectivity index (χ2n) is 5.09. The fourth-order valence-corrected chi connectivity index (χ4v) is 3.10. The van der Waals surface area contributed by atoms with Crippen LogP contribution in [0, 0.1) is 0 Å². The van der Waals surface area contributed by atoms with Crippen molar-refractivity contribution in [3.8, 4) is 0 Å². The lowest BCUT2D eigenvalue weighted by molar-refractivity contribution is -0.128. The van der Waals surface area contributed by atoms with E-state index < -0.39 is 0 Å². The van der Waals surface area contributed by atoms with Crippen molar-refractivity contribution in [2.75, 3.05) is 6.54 Å². The molecule has 2 heterocycles. The van der Waals surface area contributed by atoms with E-state index in [9.17, 15) is 4.79 Å². The minimum absolute atomic E-state index is 0.0128. The summed E-state index contributed by atoms with van der Waals surface area (Å²) in [7, 11) is 0. The first kappa shape index (κ1) is 12.7. The molecule has 1 aliphatic heterocycles. The molecule has 0 aliphatic carbocycles. The van der Waals surface area contributed by atoms with Gasteiger partial charge in [0.25, 0.3) is 0 Å². The van der Waals surface area contributed by atoms with Crippen LogP contribution in [-0.2, 0) is 11.2 Å². The van der Waals surface area contributed by atoms with Crippen molar-refractivity contribution in [2.45, 2.75) is 18.9 Å². The molecule has 1 amide bonds. The summed E-state index contributed by atoms with van der Waals surface area (Å²) in [6, 6.07) is 8.34. The number of carbonyl (C=O) groups excluding carboxylic acids is 1. The molecule has 1 aliphatic rings. The summed E-state index contributed by atoms with van der Waals surface area (Å²) in [6.07, 6.45) is 4.89. The molecule has 2 aromatic rings. The van der Waals surface area contributed by atoms with Gasteiger partial charge in [0.1, 0.15) is 0 Å². The first-order valence-corrected chi connectivity index (χ1v) is 6.89. The highest BCUT2D eigenvalue weighted by Crippen LogP contribution is 2.36. The van der Waals surface area contributed by atoms with Gasteiger partial charge in [0.15, 0.2) is 0 Å². The maximum Gasteiger partial charge on any atom is 0.246 e. The summed E-state index contributed by atoms with van der Waals surface area (Å²) >= 11 is 0. The van der Waals surface area contributed by atoms with Crippen LogP contribution in [0.2, 0.25) is 0 Å². The molecule has 1 aromatic heterocycles. The SMILES string of the molecule is C=CCC1c2[nH]c3ccccc3c2CCN1C(=O)C=C. The van der Waals surface area contributed by atoms with Gasteiger partial charge in [-0.2, -0.15) is 0 Å². The number of benzene rings is 1. The van der Waals surface area contributed by atoms with Gasteiger partial charge in [-0.3, -0.25) is 4.79 Å². The fourth-order valence-electron chi connectivity index (χ4n) is 3.10. The first-order valence-electron chi connectivity index (χ1n) is 6.89. The molecular formula is C17H18N2O. The van der Waals surface area contributed by atoms with E-state index >= 15 is 0 Å². The summed E-state index contributed by atoms with van der Waals surface area (Å²) in [6.45, 7) is 8.16. The molecule has 1 atom stereocenters. The molecule has 0 fully saturated rings. The molecular weight excluding hydrogens is 248 g/mol. The quantitative estimate of drug-likeness (QED) is 0.671. The molecule has 3 rings (SSSR count). The Hall–Kier alpha value is -2.29. The van der Waals surface area contributed by atoms with Gasteiger partial charge in [-0.15, -0.1) is 6.58 Å². The molecule has 1 N–H and O–H groups in total. The molecule has 0 bridgehead atoms. The Morgan fingerprint density at radius 3 is 2.95 bits per heavy atom. The highest BCUT2D eigenvalue weighted by Gasteiger charge is 2.31. The number of amides is 1. The summed E-state index contributed by atoms with van der Waals surface area (Å²) in [5.74, 6) is -0.0128. The molecule has 1 aromatic carbocycles. The fraction of sp³-hybridized carbons (Fsp3) is 0.235. The molecule has 0 radical (unpaired) electrons. The van der Waals surface area contributed by atoms with Crippen LogP contribution in [0.3, 0.4) is 0 Å². The van der Waals surface area contributed by atoms with Crippen LogP contribution in [0.25, 0.3) is 10.9 Å². The van der Waals surface area contributed by atoms with E-state index in [-0.39, 0.29) is 11.9 Å². The number of para-hydroxylation sites is 1. The second kappa shape index (κ2) is 5.00. The predicted octanol–water partition coefficient (Wildman–Crippen LogP) is 3.36. The second-order valence-corrected chi connectivity index (χ2v) is 5.09. The average Bonchev–Trinajstić information content (AvgIpc) is 2.86. The van der Waals surface area contributed by atoms with Gasteiger partial charge in [0.05, 0.1) is 6.04 Å². The first-order chi connectivity index (χ1) is 9.76. The monoisotopic (exact) mass is 266 g/mol. The molecule has 0 saturated carbocycles. The Bertz CT molecular complexity index is 683. The Kier molecular flexibility index (Phi) is 3.18. The lowest BCUT2D eigenvalue weighted by atomic mass is 9.95. The Balaban J connectivity index is 2.12. The molecule has 102 valence electrons. The number of fused-ring (bicyclic) bond motifs is 3. The summed E-state index contributed by atoms with van der Waals surface area (Å²) in [5, 5.41) is 1.27. The number of rotatable bonds is 3. The smallest absolute Gasteiger partial charge is 0.246 e. The topological polar surface area (TPSA) is 36.1 Å². The van der Waals surface area contributed by atoms with Crippen molar-refractivity contribution < 1.29 is 4.79 Å². The molecule has 3 heteroatoms.